The van der Waals surface area contributed by atoms with Gasteiger partial charge in [0.05, 0.1) is 6.04 Å². The summed E-state index contributed by atoms with van der Waals surface area (Å²) in [5, 5.41) is 0. The van der Waals surface area contributed by atoms with Crippen LogP contribution in [0.2, 0.25) is 0 Å². The van der Waals surface area contributed by atoms with Gasteiger partial charge in [-0.2, -0.15) is 4.31 Å². The quantitative estimate of drug-likeness (QED) is 0.616. The summed E-state index contributed by atoms with van der Waals surface area (Å²) in [6.07, 6.45) is 1.73. The number of halogens is 4. The second-order valence-electron chi connectivity index (χ2n) is 6.39. The first-order chi connectivity index (χ1) is 13.3. The molecule has 0 radical (unpaired) electrons. The lowest BCUT2D eigenvalue weighted by atomic mass is 10.0. The van der Waals surface area contributed by atoms with E-state index >= 15 is 0 Å². The lowest BCUT2D eigenvalue weighted by molar-refractivity contribution is 0.296. The number of nitrogens with zero attached hydrogens (tertiary/aromatic N) is 2. The maximum absolute atomic E-state index is 14.2. The zero-order valence-electron chi connectivity index (χ0n) is 14.3. The van der Waals surface area contributed by atoms with Gasteiger partial charge >= 0.3 is 0 Å². The number of rotatable bonds is 3. The summed E-state index contributed by atoms with van der Waals surface area (Å²) >= 11 is 0. The fourth-order valence-corrected chi connectivity index (χ4v) is 5.10. The molecule has 4 rings (SSSR count). The van der Waals surface area contributed by atoms with Crippen LogP contribution >= 0.6 is 0 Å². The highest BCUT2D eigenvalue weighted by Gasteiger charge is 2.39. The highest BCUT2D eigenvalue weighted by Crippen LogP contribution is 2.37. The molecule has 0 fully saturated rings. The molecule has 0 spiro atoms. The average molecular weight is 410 g/mol. The van der Waals surface area contributed by atoms with Crippen LogP contribution in [-0.2, 0) is 16.6 Å². The Morgan fingerprint density at radius 1 is 0.857 bits per heavy atom. The molecular weight excluding hydrogens is 396 g/mol. The summed E-state index contributed by atoms with van der Waals surface area (Å²) in [7, 11) is -4.47. The minimum atomic E-state index is -4.47. The topological polar surface area (TPSA) is 42.3 Å². The molecule has 4 nitrogen and oxygen atoms in total. The first kappa shape index (κ1) is 18.7. The molecule has 0 saturated heterocycles. The Morgan fingerprint density at radius 3 is 2.36 bits per heavy atom. The Morgan fingerprint density at radius 2 is 1.61 bits per heavy atom. The fourth-order valence-electron chi connectivity index (χ4n) is 3.44. The fraction of sp³-hybridized carbons (Fsp3) is 0.158. The molecule has 9 heteroatoms. The van der Waals surface area contributed by atoms with Crippen molar-refractivity contribution in [1.82, 2.24) is 8.87 Å². The van der Waals surface area contributed by atoms with E-state index in [2.05, 4.69) is 0 Å². The number of hydrogen-bond donors (Lipinski definition) is 0. The lowest BCUT2D eigenvalue weighted by Gasteiger charge is -2.36. The number of fused-ring (bicyclic) bond motifs is 1. The van der Waals surface area contributed by atoms with Crippen LogP contribution in [0.5, 0.6) is 0 Å². The molecule has 2 aromatic carbocycles. The Hall–Kier alpha value is -2.65. The lowest BCUT2D eigenvalue weighted by Crippen LogP contribution is -2.42. The predicted octanol–water partition coefficient (Wildman–Crippen LogP) is 3.84. The maximum atomic E-state index is 14.2. The first-order valence-corrected chi connectivity index (χ1v) is 9.80. The van der Waals surface area contributed by atoms with Gasteiger partial charge in [-0.3, -0.25) is 0 Å². The maximum Gasteiger partial charge on any atom is 0.247 e. The molecular formula is C19H14F4N2O2S. The van der Waals surface area contributed by atoms with Crippen LogP contribution in [0.1, 0.15) is 17.3 Å². The van der Waals surface area contributed by atoms with Crippen molar-refractivity contribution >= 4 is 10.0 Å². The number of hydrogen-bond acceptors (Lipinski definition) is 2. The van der Waals surface area contributed by atoms with Crippen LogP contribution < -0.4 is 0 Å². The van der Waals surface area contributed by atoms with Gasteiger partial charge in [0.15, 0.2) is 11.6 Å². The van der Waals surface area contributed by atoms with E-state index in [0.29, 0.717) is 11.8 Å². The molecule has 3 aromatic rings. The number of benzene rings is 2. The van der Waals surface area contributed by atoms with Crippen molar-refractivity contribution < 1.29 is 26.0 Å². The summed E-state index contributed by atoms with van der Waals surface area (Å²) in [5.74, 6) is -4.19. The van der Waals surface area contributed by atoms with Gasteiger partial charge in [0.25, 0.3) is 0 Å². The number of sulfonamides is 1. The molecule has 0 amide bonds. The Kier molecular flexibility index (Phi) is 4.51. The molecule has 1 aliphatic heterocycles. The van der Waals surface area contributed by atoms with Crippen molar-refractivity contribution in [2.24, 2.45) is 0 Å². The van der Waals surface area contributed by atoms with Crippen molar-refractivity contribution in [2.75, 3.05) is 6.54 Å². The predicted molar refractivity (Wildman–Crippen MR) is 92.9 cm³/mol. The molecule has 1 aromatic heterocycles. The van der Waals surface area contributed by atoms with E-state index in [9.17, 15) is 26.0 Å². The van der Waals surface area contributed by atoms with Crippen LogP contribution in [0, 0.1) is 23.3 Å². The van der Waals surface area contributed by atoms with E-state index < -0.39 is 44.2 Å². The Balaban J connectivity index is 1.89. The standard InChI is InChI=1S/C19H14F4N2O2S/c20-13-4-6-15(22)18(11-13)28(26,27)25-9-8-24-7-1-2-17(24)19(25)12-3-5-14(21)16(23)10-12/h1-7,10-11,19H,8-9H2/t19-/m1/s1. The van der Waals surface area contributed by atoms with Gasteiger partial charge in [0.2, 0.25) is 10.0 Å². The molecule has 146 valence electrons. The minimum absolute atomic E-state index is 0.0520. The molecule has 2 heterocycles. The molecule has 0 aliphatic carbocycles. The average Bonchev–Trinajstić information content (AvgIpc) is 3.14. The van der Waals surface area contributed by atoms with Gasteiger partial charge in [-0.1, -0.05) is 6.07 Å². The number of aromatic nitrogens is 1. The normalized spacial score (nSPS) is 17.5. The van der Waals surface area contributed by atoms with Crippen LogP contribution in [0.4, 0.5) is 17.6 Å². The highest BCUT2D eigenvalue weighted by atomic mass is 32.2. The van der Waals surface area contributed by atoms with E-state index in [0.717, 1.165) is 28.6 Å². The van der Waals surface area contributed by atoms with Crippen LogP contribution in [0.25, 0.3) is 0 Å². The Bertz CT molecular complexity index is 1160. The summed E-state index contributed by atoms with van der Waals surface area (Å²) in [4.78, 5) is -0.805. The highest BCUT2D eigenvalue weighted by molar-refractivity contribution is 7.89. The zero-order chi connectivity index (χ0) is 20.1. The third kappa shape index (κ3) is 3.00. The van der Waals surface area contributed by atoms with Crippen molar-refractivity contribution in [2.45, 2.75) is 17.5 Å². The summed E-state index contributed by atoms with van der Waals surface area (Å²) in [5.41, 5.74) is 0.691. The van der Waals surface area contributed by atoms with Gasteiger partial charge in [0, 0.05) is 25.0 Å². The SMILES string of the molecule is O=S(=O)(c1cc(F)ccc1F)N1CCn2cccc2[C@H]1c1ccc(F)c(F)c1. The van der Waals surface area contributed by atoms with Gasteiger partial charge in [-0.05, 0) is 48.0 Å². The molecule has 1 atom stereocenters. The molecule has 1 aliphatic rings. The van der Waals surface area contributed by atoms with Crippen molar-refractivity contribution in [3.05, 3.63) is 89.3 Å². The summed E-state index contributed by atoms with van der Waals surface area (Å²) in [6.45, 7) is 0.225. The largest absolute Gasteiger partial charge is 0.348 e. The Labute approximate surface area is 158 Å². The van der Waals surface area contributed by atoms with Gasteiger partial charge < -0.3 is 4.57 Å². The second kappa shape index (κ2) is 6.75. The van der Waals surface area contributed by atoms with Crippen LogP contribution in [0.15, 0.2) is 59.6 Å². The van der Waals surface area contributed by atoms with Gasteiger partial charge in [0.1, 0.15) is 16.5 Å². The third-order valence-corrected chi connectivity index (χ3v) is 6.61. The second-order valence-corrected chi connectivity index (χ2v) is 8.25. The molecule has 0 N–H and O–H groups in total. The molecule has 0 bridgehead atoms. The molecule has 28 heavy (non-hydrogen) atoms. The summed E-state index contributed by atoms with van der Waals surface area (Å²) in [6, 6.07) is 7.58. The van der Waals surface area contributed by atoms with E-state index in [1.54, 1.807) is 22.9 Å². The molecule has 0 unspecified atom stereocenters. The third-order valence-electron chi connectivity index (χ3n) is 4.73. The van der Waals surface area contributed by atoms with E-state index in [-0.39, 0.29) is 18.7 Å². The van der Waals surface area contributed by atoms with E-state index in [1.807, 2.05) is 0 Å². The zero-order valence-corrected chi connectivity index (χ0v) is 15.1. The first-order valence-electron chi connectivity index (χ1n) is 8.36. The van der Waals surface area contributed by atoms with Crippen LogP contribution in [0.3, 0.4) is 0 Å². The minimum Gasteiger partial charge on any atom is -0.348 e. The van der Waals surface area contributed by atoms with E-state index in [1.165, 1.54) is 6.07 Å². The van der Waals surface area contributed by atoms with Crippen molar-refractivity contribution in [3.63, 3.8) is 0 Å². The van der Waals surface area contributed by atoms with Gasteiger partial charge in [-0.25, -0.2) is 26.0 Å². The van der Waals surface area contributed by atoms with Crippen LogP contribution in [-0.4, -0.2) is 23.8 Å². The monoisotopic (exact) mass is 410 g/mol. The van der Waals surface area contributed by atoms with Crippen molar-refractivity contribution in [3.8, 4) is 0 Å². The van der Waals surface area contributed by atoms with E-state index in [4.69, 9.17) is 0 Å². The van der Waals surface area contributed by atoms with Gasteiger partial charge in [-0.15, -0.1) is 0 Å². The van der Waals surface area contributed by atoms with Crippen molar-refractivity contribution in [1.29, 1.82) is 0 Å². The molecule has 0 saturated carbocycles. The smallest absolute Gasteiger partial charge is 0.247 e. The summed E-state index contributed by atoms with van der Waals surface area (Å²) < 4.78 is 84.2.